The second kappa shape index (κ2) is 9.81. The highest BCUT2D eigenvalue weighted by molar-refractivity contribution is 7.56. The first kappa shape index (κ1) is 21.1. The molecule has 0 amide bonds. The summed E-state index contributed by atoms with van der Waals surface area (Å²) in [6.45, 7) is 2.14. The predicted octanol–water partition coefficient (Wildman–Crippen LogP) is 7.32. The van der Waals surface area contributed by atoms with Crippen molar-refractivity contribution in [3.63, 3.8) is 0 Å². The number of fused-ring (bicyclic) bond motifs is 1. The highest BCUT2D eigenvalue weighted by Gasteiger charge is 2.11. The largest absolute Gasteiger partial charge is 0.457 e. The fourth-order valence-corrected chi connectivity index (χ4v) is 5.09. The summed E-state index contributed by atoms with van der Waals surface area (Å²) in [5.74, 6) is 1.74. The molecular weight excluding hydrogens is 421 g/mol. The summed E-state index contributed by atoms with van der Waals surface area (Å²) in [5, 5.41) is 4.83. The first-order valence-electron chi connectivity index (χ1n) is 11.0. The lowest BCUT2D eigenvalue weighted by Gasteiger charge is -2.15. The zero-order valence-corrected chi connectivity index (χ0v) is 19.4. The maximum absolute atomic E-state index is 6.25. The van der Waals surface area contributed by atoms with Crippen LogP contribution in [0.2, 0.25) is 0 Å². The predicted molar refractivity (Wildman–Crippen MR) is 143 cm³/mol. The second-order valence-corrected chi connectivity index (χ2v) is 9.12. The molecule has 0 spiro atoms. The second-order valence-electron chi connectivity index (χ2n) is 7.83. The van der Waals surface area contributed by atoms with Crippen LogP contribution in [0.3, 0.4) is 0 Å². The zero-order chi connectivity index (χ0) is 22.5. The van der Waals surface area contributed by atoms with Gasteiger partial charge in [-0.2, -0.15) is 0 Å². The zero-order valence-electron chi connectivity index (χ0n) is 18.4. The number of aliphatic imine (C=N–C) groups is 1. The van der Waals surface area contributed by atoms with Crippen LogP contribution >= 0.6 is 8.58 Å². The molecule has 0 aromatic heterocycles. The van der Waals surface area contributed by atoms with Crippen LogP contribution in [0.15, 0.2) is 120 Å². The lowest BCUT2D eigenvalue weighted by molar-refractivity contribution is 0.486. The number of hydrogen-bond donors (Lipinski definition) is 0. The van der Waals surface area contributed by atoms with Crippen molar-refractivity contribution in [3.05, 3.63) is 126 Å². The third-order valence-electron chi connectivity index (χ3n) is 5.54. The van der Waals surface area contributed by atoms with Gasteiger partial charge in [-0.15, -0.1) is 0 Å². The third-order valence-corrected chi connectivity index (χ3v) is 7.12. The fraction of sp³-hybridized carbons (Fsp3) is 0.0333. The molecule has 1 atom stereocenters. The van der Waals surface area contributed by atoms with Crippen LogP contribution in [0.5, 0.6) is 11.5 Å². The van der Waals surface area contributed by atoms with Crippen molar-refractivity contribution < 1.29 is 4.74 Å². The number of nitrogens with zero attached hydrogens (tertiary/aromatic N) is 1. The van der Waals surface area contributed by atoms with E-state index in [4.69, 9.17) is 9.73 Å². The lowest BCUT2D eigenvalue weighted by atomic mass is 10.1. The molecule has 5 aromatic rings. The number of aryl methyl sites for hydroxylation is 1. The molecule has 0 bridgehead atoms. The summed E-state index contributed by atoms with van der Waals surface area (Å²) in [4.78, 5) is 4.91. The first-order chi connectivity index (χ1) is 16.3. The van der Waals surface area contributed by atoms with E-state index in [1.54, 1.807) is 0 Å². The van der Waals surface area contributed by atoms with Gasteiger partial charge >= 0.3 is 0 Å². The SMILES string of the molecule is Cc1cccc(Oc2ccccc2)c1Pc1ccccc1N=Cc1cccc2ccccc12. The Morgan fingerprint density at radius 3 is 2.33 bits per heavy atom. The van der Waals surface area contributed by atoms with Crippen LogP contribution in [0.4, 0.5) is 5.69 Å². The summed E-state index contributed by atoms with van der Waals surface area (Å²) in [7, 11) is 0.435. The molecule has 0 N–H and O–H groups in total. The molecule has 5 rings (SSSR count). The van der Waals surface area contributed by atoms with Crippen molar-refractivity contribution >= 4 is 41.9 Å². The smallest absolute Gasteiger partial charge is 0.135 e. The van der Waals surface area contributed by atoms with Crippen molar-refractivity contribution in [1.29, 1.82) is 0 Å². The normalized spacial score (nSPS) is 11.5. The van der Waals surface area contributed by atoms with Crippen LogP contribution < -0.4 is 15.3 Å². The summed E-state index contributed by atoms with van der Waals surface area (Å²) in [5.41, 5.74) is 3.32. The van der Waals surface area contributed by atoms with Gasteiger partial charge in [-0.3, -0.25) is 4.99 Å². The topological polar surface area (TPSA) is 21.6 Å². The molecule has 0 aliphatic carbocycles. The van der Waals surface area contributed by atoms with E-state index in [2.05, 4.69) is 73.7 Å². The summed E-state index contributed by atoms with van der Waals surface area (Å²) < 4.78 is 6.25. The van der Waals surface area contributed by atoms with E-state index in [0.717, 1.165) is 22.7 Å². The maximum atomic E-state index is 6.25. The van der Waals surface area contributed by atoms with Crippen molar-refractivity contribution in [1.82, 2.24) is 0 Å². The molecule has 1 unspecified atom stereocenters. The average Bonchev–Trinajstić information content (AvgIpc) is 2.86. The molecule has 2 nitrogen and oxygen atoms in total. The van der Waals surface area contributed by atoms with Gasteiger partial charge in [0.2, 0.25) is 0 Å². The van der Waals surface area contributed by atoms with Crippen LogP contribution in [0.25, 0.3) is 10.8 Å². The summed E-state index contributed by atoms with van der Waals surface area (Å²) >= 11 is 0. The minimum Gasteiger partial charge on any atom is -0.457 e. The Balaban J connectivity index is 1.47. The molecule has 0 fully saturated rings. The standard InChI is InChI=1S/C30H24NOP/c1-22-11-9-19-28(32-25-15-3-2-4-16-25)30(22)33-29-20-8-7-18-27(29)31-21-24-14-10-13-23-12-5-6-17-26(23)24/h2-21,33H,1H3. The molecule has 0 saturated carbocycles. The van der Waals surface area contributed by atoms with Crippen LogP contribution in [0, 0.1) is 6.92 Å². The van der Waals surface area contributed by atoms with Crippen LogP contribution in [-0.2, 0) is 0 Å². The third kappa shape index (κ3) is 4.87. The Bertz CT molecular complexity index is 1420. The van der Waals surface area contributed by atoms with Gasteiger partial charge in [0.1, 0.15) is 11.5 Å². The molecule has 0 aliphatic rings. The van der Waals surface area contributed by atoms with Crippen molar-refractivity contribution in [3.8, 4) is 11.5 Å². The summed E-state index contributed by atoms with van der Waals surface area (Å²) in [6, 6.07) is 39.3. The molecule has 5 aromatic carbocycles. The van der Waals surface area contributed by atoms with Gasteiger partial charge in [-0.25, -0.2) is 0 Å². The average molecular weight is 446 g/mol. The van der Waals surface area contributed by atoms with Gasteiger partial charge in [0.15, 0.2) is 0 Å². The van der Waals surface area contributed by atoms with E-state index in [1.807, 2.05) is 54.7 Å². The monoisotopic (exact) mass is 445 g/mol. The summed E-state index contributed by atoms with van der Waals surface area (Å²) in [6.07, 6.45) is 1.98. The van der Waals surface area contributed by atoms with Crippen molar-refractivity contribution in [2.75, 3.05) is 0 Å². The molecule has 0 radical (unpaired) electrons. The van der Waals surface area contributed by atoms with E-state index in [1.165, 1.54) is 26.9 Å². The van der Waals surface area contributed by atoms with E-state index >= 15 is 0 Å². The van der Waals surface area contributed by atoms with Gasteiger partial charge < -0.3 is 4.74 Å². The molecule has 0 saturated heterocycles. The quantitative estimate of drug-likeness (QED) is 0.198. The van der Waals surface area contributed by atoms with Crippen molar-refractivity contribution in [2.45, 2.75) is 6.92 Å². The fourth-order valence-electron chi connectivity index (χ4n) is 3.83. The Morgan fingerprint density at radius 2 is 1.42 bits per heavy atom. The van der Waals surface area contributed by atoms with Crippen LogP contribution in [-0.4, -0.2) is 6.21 Å². The molecule has 3 heteroatoms. The van der Waals surface area contributed by atoms with Gasteiger partial charge in [-0.05, 0) is 47.5 Å². The molecule has 0 heterocycles. The molecule has 0 aliphatic heterocycles. The van der Waals surface area contributed by atoms with Crippen LogP contribution in [0.1, 0.15) is 11.1 Å². The number of benzene rings is 5. The number of hydrogen-bond acceptors (Lipinski definition) is 2. The van der Waals surface area contributed by atoms with E-state index in [-0.39, 0.29) is 0 Å². The first-order valence-corrected chi connectivity index (χ1v) is 12.0. The highest BCUT2D eigenvalue weighted by atomic mass is 31.1. The number of rotatable bonds is 6. The molecule has 160 valence electrons. The molecule has 33 heavy (non-hydrogen) atoms. The van der Waals surface area contributed by atoms with Gasteiger partial charge in [0, 0.05) is 22.4 Å². The number of ether oxygens (including phenoxy) is 1. The Kier molecular flexibility index (Phi) is 6.28. The molecular formula is C30H24NOP. The van der Waals surface area contributed by atoms with E-state index in [9.17, 15) is 0 Å². The highest BCUT2D eigenvalue weighted by Crippen LogP contribution is 2.29. The minimum atomic E-state index is 0.435. The van der Waals surface area contributed by atoms with Crippen molar-refractivity contribution in [2.24, 2.45) is 4.99 Å². The Hall–Kier alpha value is -3.74. The van der Waals surface area contributed by atoms with E-state index < -0.39 is 0 Å². The van der Waals surface area contributed by atoms with E-state index in [0.29, 0.717) is 8.58 Å². The maximum Gasteiger partial charge on any atom is 0.135 e. The van der Waals surface area contributed by atoms with Gasteiger partial charge in [0.05, 0.1) is 5.69 Å². The minimum absolute atomic E-state index is 0.435. The number of para-hydroxylation sites is 2. The van der Waals surface area contributed by atoms with Gasteiger partial charge in [0.25, 0.3) is 0 Å². The lowest BCUT2D eigenvalue weighted by Crippen LogP contribution is -2.10. The Labute approximate surface area is 196 Å². The van der Waals surface area contributed by atoms with Gasteiger partial charge in [-0.1, -0.05) is 99.6 Å². The Morgan fingerprint density at radius 1 is 0.697 bits per heavy atom.